The van der Waals surface area contributed by atoms with Crippen LogP contribution >= 0.6 is 0 Å². The average Bonchev–Trinajstić information content (AvgIpc) is 2.86. The second-order valence-corrected chi connectivity index (χ2v) is 8.38. The molecule has 1 aliphatic rings. The summed E-state index contributed by atoms with van der Waals surface area (Å²) < 4.78 is 39.7. The summed E-state index contributed by atoms with van der Waals surface area (Å²) in [6.45, 7) is 2.49. The third-order valence-corrected chi connectivity index (χ3v) is 6.06. The van der Waals surface area contributed by atoms with Crippen LogP contribution in [0, 0.1) is 0 Å². The summed E-state index contributed by atoms with van der Waals surface area (Å²) >= 11 is 0. The lowest BCUT2D eigenvalue weighted by atomic mass is 9.99. The van der Waals surface area contributed by atoms with E-state index in [2.05, 4.69) is 23.1 Å². The normalized spacial score (nSPS) is 14.7. The standard InChI is InChI=1S/C25H25F3N4O3/c26-25(27,28)23(34)29-32-21-11-5-4-10-20(21)22(33)31(24(32)35)15-7-6-14-30-16-12-19(13-17-30)18-8-2-1-3-9-18/h1-5,8-12H,6-7,13-17H2,(H,29,34). The minimum atomic E-state index is -5.18. The minimum absolute atomic E-state index is 0.0311. The zero-order valence-electron chi connectivity index (χ0n) is 18.9. The number of nitrogens with zero attached hydrogens (tertiary/aromatic N) is 3. The second-order valence-electron chi connectivity index (χ2n) is 8.38. The van der Waals surface area contributed by atoms with E-state index in [4.69, 9.17) is 0 Å². The van der Waals surface area contributed by atoms with Gasteiger partial charge in [0, 0.05) is 19.6 Å². The van der Waals surface area contributed by atoms with Crippen LogP contribution in [0.3, 0.4) is 0 Å². The summed E-state index contributed by atoms with van der Waals surface area (Å²) in [7, 11) is 0. The maximum atomic E-state index is 12.9. The molecule has 0 aliphatic carbocycles. The summed E-state index contributed by atoms with van der Waals surface area (Å²) in [5.41, 5.74) is 2.41. The van der Waals surface area contributed by atoms with Crippen molar-refractivity contribution in [3.05, 3.63) is 87.1 Å². The van der Waals surface area contributed by atoms with Crippen molar-refractivity contribution in [2.24, 2.45) is 0 Å². The summed E-state index contributed by atoms with van der Waals surface area (Å²) in [4.78, 5) is 39.5. The Bertz CT molecular complexity index is 1360. The number of unbranched alkanes of at least 4 members (excludes halogenated alkanes) is 1. The molecule has 7 nitrogen and oxygen atoms in total. The van der Waals surface area contributed by atoms with Crippen LogP contribution in [0.25, 0.3) is 16.5 Å². The Kier molecular flexibility index (Phi) is 7.20. The molecule has 184 valence electrons. The molecule has 1 amide bonds. The van der Waals surface area contributed by atoms with Gasteiger partial charge < -0.3 is 0 Å². The first-order valence-corrected chi connectivity index (χ1v) is 11.4. The molecule has 0 spiro atoms. The SMILES string of the molecule is O=C(Nn1c(=O)n(CCCCN2CC=C(c3ccccc3)CC2)c(=O)c2ccccc21)C(F)(F)F. The third-order valence-electron chi connectivity index (χ3n) is 6.06. The smallest absolute Gasteiger partial charge is 0.299 e. The number of carbonyl (C=O) groups is 1. The first-order valence-electron chi connectivity index (χ1n) is 11.4. The van der Waals surface area contributed by atoms with Crippen molar-refractivity contribution in [1.82, 2.24) is 14.1 Å². The molecule has 35 heavy (non-hydrogen) atoms. The van der Waals surface area contributed by atoms with Crippen LogP contribution in [0.1, 0.15) is 24.8 Å². The van der Waals surface area contributed by atoms with Gasteiger partial charge in [0.2, 0.25) is 0 Å². The Morgan fingerprint density at radius 2 is 1.63 bits per heavy atom. The van der Waals surface area contributed by atoms with E-state index >= 15 is 0 Å². The van der Waals surface area contributed by atoms with Crippen LogP contribution in [0.15, 0.2) is 70.3 Å². The largest absolute Gasteiger partial charge is 0.472 e. The molecule has 0 saturated heterocycles. The van der Waals surface area contributed by atoms with Crippen molar-refractivity contribution < 1.29 is 18.0 Å². The summed E-state index contributed by atoms with van der Waals surface area (Å²) in [6, 6.07) is 15.9. The molecule has 4 rings (SSSR count). The van der Waals surface area contributed by atoms with E-state index in [1.807, 2.05) is 18.2 Å². The molecule has 10 heteroatoms. The number of aromatic nitrogens is 2. The Morgan fingerprint density at radius 1 is 0.943 bits per heavy atom. The number of benzene rings is 2. The van der Waals surface area contributed by atoms with Crippen LogP contribution in [0.4, 0.5) is 13.2 Å². The van der Waals surface area contributed by atoms with Crippen LogP contribution in [0.5, 0.6) is 0 Å². The van der Waals surface area contributed by atoms with E-state index < -0.39 is 23.3 Å². The number of nitrogens with one attached hydrogen (secondary N) is 1. The first-order chi connectivity index (χ1) is 16.8. The van der Waals surface area contributed by atoms with Gasteiger partial charge in [-0.2, -0.15) is 13.2 Å². The number of carbonyl (C=O) groups excluding carboxylic acids is 1. The summed E-state index contributed by atoms with van der Waals surface area (Å²) in [5.74, 6) is -2.29. The average molecular weight is 486 g/mol. The predicted molar refractivity (Wildman–Crippen MR) is 128 cm³/mol. The van der Waals surface area contributed by atoms with E-state index in [1.54, 1.807) is 11.5 Å². The molecule has 2 aromatic carbocycles. The van der Waals surface area contributed by atoms with Crippen molar-refractivity contribution >= 4 is 22.4 Å². The minimum Gasteiger partial charge on any atom is -0.299 e. The lowest BCUT2D eigenvalue weighted by Gasteiger charge is -2.26. The van der Waals surface area contributed by atoms with Gasteiger partial charge in [0.25, 0.3) is 5.56 Å². The van der Waals surface area contributed by atoms with E-state index in [-0.39, 0.29) is 17.4 Å². The fourth-order valence-electron chi connectivity index (χ4n) is 4.21. The first kappa shape index (κ1) is 24.5. The molecule has 0 atom stereocenters. The fraction of sp³-hybridized carbons (Fsp3) is 0.320. The van der Waals surface area contributed by atoms with Gasteiger partial charge in [-0.05, 0) is 49.1 Å². The number of hydrogen-bond acceptors (Lipinski definition) is 4. The van der Waals surface area contributed by atoms with Gasteiger partial charge in [-0.3, -0.25) is 24.5 Å². The predicted octanol–water partition coefficient (Wildman–Crippen LogP) is 3.37. The van der Waals surface area contributed by atoms with Crippen molar-refractivity contribution in [2.75, 3.05) is 25.1 Å². The van der Waals surface area contributed by atoms with Gasteiger partial charge in [-0.1, -0.05) is 48.5 Å². The zero-order valence-corrected chi connectivity index (χ0v) is 18.9. The summed E-state index contributed by atoms with van der Waals surface area (Å²) in [6.07, 6.45) is -0.869. The molecule has 0 radical (unpaired) electrons. The molecule has 0 saturated carbocycles. The van der Waals surface area contributed by atoms with Crippen molar-refractivity contribution in [2.45, 2.75) is 32.0 Å². The van der Waals surface area contributed by atoms with Gasteiger partial charge in [-0.15, -0.1) is 0 Å². The highest BCUT2D eigenvalue weighted by atomic mass is 19.4. The summed E-state index contributed by atoms with van der Waals surface area (Å²) in [5, 5.41) is 0.0455. The number of fused-ring (bicyclic) bond motifs is 1. The zero-order chi connectivity index (χ0) is 25.0. The number of para-hydroxylation sites is 1. The molecule has 0 fully saturated rings. The van der Waals surface area contributed by atoms with Gasteiger partial charge in [0.15, 0.2) is 0 Å². The van der Waals surface area contributed by atoms with Crippen LogP contribution in [-0.4, -0.2) is 45.9 Å². The fourth-order valence-corrected chi connectivity index (χ4v) is 4.21. The van der Waals surface area contributed by atoms with Gasteiger partial charge in [-0.25, -0.2) is 9.47 Å². The van der Waals surface area contributed by atoms with Crippen molar-refractivity contribution in [3.8, 4) is 0 Å². The Hall–Kier alpha value is -3.66. The number of amides is 1. The maximum absolute atomic E-state index is 12.9. The van der Waals surface area contributed by atoms with Gasteiger partial charge in [0.1, 0.15) is 0 Å². The number of alkyl halides is 3. The molecular formula is C25H25F3N4O3. The van der Waals surface area contributed by atoms with Crippen molar-refractivity contribution in [1.29, 1.82) is 0 Å². The van der Waals surface area contributed by atoms with E-state index in [9.17, 15) is 27.6 Å². The lowest BCUT2D eigenvalue weighted by molar-refractivity contribution is -0.168. The van der Waals surface area contributed by atoms with Crippen LogP contribution in [-0.2, 0) is 11.3 Å². The second kappa shape index (κ2) is 10.3. The molecule has 0 bridgehead atoms. The van der Waals surface area contributed by atoms with Crippen LogP contribution < -0.4 is 16.7 Å². The highest BCUT2D eigenvalue weighted by Crippen LogP contribution is 2.22. The Balaban J connectivity index is 1.43. The molecular weight excluding hydrogens is 461 g/mol. The highest BCUT2D eigenvalue weighted by molar-refractivity contribution is 5.90. The highest BCUT2D eigenvalue weighted by Gasteiger charge is 2.39. The molecule has 1 N–H and O–H groups in total. The maximum Gasteiger partial charge on any atom is 0.472 e. The van der Waals surface area contributed by atoms with E-state index in [1.165, 1.54) is 29.3 Å². The Labute approximate surface area is 199 Å². The molecule has 1 aliphatic heterocycles. The topological polar surface area (TPSA) is 76.3 Å². The monoisotopic (exact) mass is 486 g/mol. The quantitative estimate of drug-likeness (QED) is 0.520. The number of rotatable bonds is 7. The van der Waals surface area contributed by atoms with Gasteiger partial charge >= 0.3 is 17.8 Å². The number of halogens is 3. The Morgan fingerprint density at radius 3 is 2.31 bits per heavy atom. The molecule has 1 aromatic heterocycles. The molecule has 3 aromatic rings. The number of hydrogen-bond donors (Lipinski definition) is 1. The van der Waals surface area contributed by atoms with E-state index in [0.717, 1.165) is 30.6 Å². The molecule has 0 unspecified atom stereocenters. The van der Waals surface area contributed by atoms with Crippen molar-refractivity contribution in [3.63, 3.8) is 0 Å². The van der Waals surface area contributed by atoms with E-state index in [0.29, 0.717) is 17.5 Å². The third kappa shape index (κ3) is 5.54. The molecule has 2 heterocycles. The lowest BCUT2D eigenvalue weighted by Crippen LogP contribution is -2.47. The van der Waals surface area contributed by atoms with Crippen LogP contribution in [0.2, 0.25) is 0 Å². The van der Waals surface area contributed by atoms with Gasteiger partial charge in [0.05, 0.1) is 10.9 Å².